The molecule has 0 atom stereocenters. The molecule has 0 radical (unpaired) electrons. The molecule has 0 saturated carbocycles. The van der Waals surface area contributed by atoms with Gasteiger partial charge in [-0.1, -0.05) is 36.4 Å². The smallest absolute Gasteiger partial charge is 0.101 e. The lowest BCUT2D eigenvalue weighted by Gasteiger charge is -2.28. The summed E-state index contributed by atoms with van der Waals surface area (Å²) in [5.41, 5.74) is 5.97. The van der Waals surface area contributed by atoms with Crippen molar-refractivity contribution in [2.24, 2.45) is 0 Å². The van der Waals surface area contributed by atoms with Gasteiger partial charge in [-0.05, 0) is 36.4 Å². The Morgan fingerprint density at radius 2 is 1.23 bits per heavy atom. The zero-order valence-electron chi connectivity index (χ0n) is 13.7. The van der Waals surface area contributed by atoms with Crippen LogP contribution in [0.1, 0.15) is 16.7 Å². The van der Waals surface area contributed by atoms with Crippen molar-refractivity contribution in [1.29, 1.82) is 15.8 Å². The Morgan fingerprint density at radius 1 is 0.692 bits per heavy atom. The molecule has 3 aromatic carbocycles. The molecular formula is C21H13N5. The summed E-state index contributed by atoms with van der Waals surface area (Å²) >= 11 is 0. The zero-order valence-corrected chi connectivity index (χ0v) is 13.7. The lowest BCUT2D eigenvalue weighted by molar-refractivity contribution is 1.15. The molecule has 0 fully saturated rings. The van der Waals surface area contributed by atoms with Crippen LogP contribution in [0, 0.1) is 34.0 Å². The first-order valence-electron chi connectivity index (χ1n) is 7.82. The molecule has 26 heavy (non-hydrogen) atoms. The van der Waals surface area contributed by atoms with Crippen molar-refractivity contribution in [1.82, 2.24) is 0 Å². The largest absolute Gasteiger partial charge is 0.294 e. The van der Waals surface area contributed by atoms with Crippen molar-refractivity contribution in [3.05, 3.63) is 89.5 Å². The first-order valence-corrected chi connectivity index (χ1v) is 7.82. The molecule has 1 N–H and O–H groups in total. The molecular weight excluding hydrogens is 322 g/mol. The molecule has 0 bridgehead atoms. The number of hydrogen-bond donors (Lipinski definition) is 1. The highest BCUT2D eigenvalue weighted by atomic mass is 15.5. The zero-order chi connectivity index (χ0) is 18.4. The lowest BCUT2D eigenvalue weighted by Crippen LogP contribution is -2.26. The Hall–Kier alpha value is -4.27. The summed E-state index contributed by atoms with van der Waals surface area (Å²) in [6.45, 7) is 0. The average Bonchev–Trinajstić information content (AvgIpc) is 2.72. The van der Waals surface area contributed by atoms with Crippen molar-refractivity contribution in [3.63, 3.8) is 0 Å². The van der Waals surface area contributed by atoms with Crippen LogP contribution in [0.2, 0.25) is 0 Å². The molecule has 0 aliphatic rings. The van der Waals surface area contributed by atoms with Crippen molar-refractivity contribution in [3.8, 4) is 18.2 Å². The van der Waals surface area contributed by atoms with Crippen molar-refractivity contribution < 1.29 is 0 Å². The molecule has 3 aromatic rings. The van der Waals surface area contributed by atoms with Gasteiger partial charge in [0.25, 0.3) is 0 Å². The van der Waals surface area contributed by atoms with Gasteiger partial charge in [-0.15, -0.1) is 0 Å². The van der Waals surface area contributed by atoms with E-state index in [4.69, 9.17) is 5.26 Å². The van der Waals surface area contributed by atoms with Gasteiger partial charge in [-0.3, -0.25) is 10.4 Å². The molecule has 0 aromatic heterocycles. The highest BCUT2D eigenvalue weighted by molar-refractivity contribution is 5.78. The van der Waals surface area contributed by atoms with Crippen molar-refractivity contribution >= 4 is 17.1 Å². The van der Waals surface area contributed by atoms with Gasteiger partial charge >= 0.3 is 0 Å². The Bertz CT molecular complexity index is 1000. The van der Waals surface area contributed by atoms with E-state index in [1.807, 2.05) is 66.7 Å². The number of rotatable bonds is 4. The fourth-order valence-corrected chi connectivity index (χ4v) is 2.58. The molecule has 5 heteroatoms. The molecule has 5 nitrogen and oxygen atoms in total. The Balaban J connectivity index is 2.22. The van der Waals surface area contributed by atoms with E-state index in [1.165, 1.54) is 12.1 Å². The van der Waals surface area contributed by atoms with Crippen LogP contribution in [0.5, 0.6) is 0 Å². The van der Waals surface area contributed by atoms with E-state index in [9.17, 15) is 10.5 Å². The SMILES string of the molecule is N#Cc1cc(C#N)c(N(Nc2ccccc2)c2ccccc2)c(C#N)c1. The third kappa shape index (κ3) is 3.31. The number of hydrazine groups is 1. The monoisotopic (exact) mass is 335 g/mol. The predicted molar refractivity (Wildman–Crippen MR) is 99.2 cm³/mol. The van der Waals surface area contributed by atoms with Gasteiger partial charge in [-0.25, -0.2) is 0 Å². The predicted octanol–water partition coefficient (Wildman–Crippen LogP) is 4.47. The van der Waals surface area contributed by atoms with Crippen molar-refractivity contribution in [2.45, 2.75) is 0 Å². The average molecular weight is 335 g/mol. The lowest BCUT2D eigenvalue weighted by atomic mass is 10.0. The van der Waals surface area contributed by atoms with Crippen LogP contribution in [0.15, 0.2) is 72.8 Å². The number of nitrogens with one attached hydrogen (secondary N) is 1. The first-order chi connectivity index (χ1) is 12.8. The number of benzene rings is 3. The number of anilines is 3. The maximum atomic E-state index is 9.60. The summed E-state index contributed by atoms with van der Waals surface area (Å²) in [5, 5.41) is 30.0. The van der Waals surface area contributed by atoms with Crippen LogP contribution in [0.3, 0.4) is 0 Å². The highest BCUT2D eigenvalue weighted by Gasteiger charge is 2.19. The van der Waals surface area contributed by atoms with E-state index in [1.54, 1.807) is 5.01 Å². The van der Waals surface area contributed by atoms with Gasteiger partial charge in [-0.2, -0.15) is 15.8 Å². The second-order valence-corrected chi connectivity index (χ2v) is 5.40. The summed E-state index contributed by atoms with van der Waals surface area (Å²) in [5.74, 6) is 0. The van der Waals surface area contributed by atoms with Crippen LogP contribution in [-0.2, 0) is 0 Å². The topological polar surface area (TPSA) is 86.6 Å². The van der Waals surface area contributed by atoms with E-state index >= 15 is 0 Å². The minimum atomic E-state index is 0.243. The maximum absolute atomic E-state index is 9.60. The Morgan fingerprint density at radius 3 is 1.73 bits per heavy atom. The minimum absolute atomic E-state index is 0.243. The Kier molecular flexibility index (Phi) is 4.80. The summed E-state index contributed by atoms with van der Waals surface area (Å²) < 4.78 is 0. The molecule has 0 aliphatic heterocycles. The maximum Gasteiger partial charge on any atom is 0.101 e. The van der Waals surface area contributed by atoms with Gasteiger partial charge in [0.05, 0.1) is 39.8 Å². The molecule has 0 spiro atoms. The third-order valence-electron chi connectivity index (χ3n) is 3.73. The standard InChI is InChI=1S/C21H13N5/c22-13-16-11-17(14-23)21(18(12-16)15-24)26(20-9-5-2-6-10-20)25-19-7-3-1-4-8-19/h1-12,25H. The Labute approximate surface area is 151 Å². The van der Waals surface area contributed by atoms with Crippen LogP contribution < -0.4 is 10.4 Å². The van der Waals surface area contributed by atoms with E-state index in [0.29, 0.717) is 5.69 Å². The van der Waals surface area contributed by atoms with Gasteiger partial charge in [0, 0.05) is 0 Å². The van der Waals surface area contributed by atoms with Crippen LogP contribution >= 0.6 is 0 Å². The highest BCUT2D eigenvalue weighted by Crippen LogP contribution is 2.33. The minimum Gasteiger partial charge on any atom is -0.294 e. The fourth-order valence-electron chi connectivity index (χ4n) is 2.58. The summed E-state index contributed by atoms with van der Waals surface area (Å²) in [6.07, 6.45) is 0. The molecule has 0 aliphatic carbocycles. The molecule has 3 rings (SSSR count). The van der Waals surface area contributed by atoms with Crippen LogP contribution in [0.25, 0.3) is 0 Å². The summed E-state index contributed by atoms with van der Waals surface area (Å²) in [7, 11) is 0. The van der Waals surface area contributed by atoms with E-state index < -0.39 is 0 Å². The second-order valence-electron chi connectivity index (χ2n) is 5.40. The summed E-state index contributed by atoms with van der Waals surface area (Å²) in [6, 6.07) is 28.0. The number of hydrogen-bond acceptors (Lipinski definition) is 5. The van der Waals surface area contributed by atoms with Gasteiger partial charge in [0.1, 0.15) is 12.1 Å². The fraction of sp³-hybridized carbons (Fsp3) is 0. The number of nitrogens with zero attached hydrogens (tertiary/aromatic N) is 4. The normalized spacial score (nSPS) is 9.42. The van der Waals surface area contributed by atoms with E-state index in [0.717, 1.165) is 11.4 Å². The summed E-state index contributed by atoms with van der Waals surface area (Å²) in [4.78, 5) is 0. The number of nitriles is 3. The van der Waals surface area contributed by atoms with Crippen LogP contribution in [0.4, 0.5) is 17.1 Å². The van der Waals surface area contributed by atoms with Gasteiger partial charge < -0.3 is 0 Å². The quantitative estimate of drug-likeness (QED) is 0.711. The molecule has 0 heterocycles. The molecule has 0 saturated heterocycles. The number of para-hydroxylation sites is 2. The molecule has 0 amide bonds. The van der Waals surface area contributed by atoms with Crippen LogP contribution in [-0.4, -0.2) is 0 Å². The van der Waals surface area contributed by atoms with E-state index in [-0.39, 0.29) is 16.7 Å². The first kappa shape index (κ1) is 16.6. The molecule has 0 unspecified atom stereocenters. The third-order valence-corrected chi connectivity index (χ3v) is 3.73. The molecule has 122 valence electrons. The van der Waals surface area contributed by atoms with Gasteiger partial charge in [0.15, 0.2) is 0 Å². The van der Waals surface area contributed by atoms with E-state index in [2.05, 4.69) is 17.6 Å². The van der Waals surface area contributed by atoms with Gasteiger partial charge in [0.2, 0.25) is 0 Å². The second kappa shape index (κ2) is 7.53. The van der Waals surface area contributed by atoms with Crippen molar-refractivity contribution in [2.75, 3.05) is 10.4 Å².